The molecule has 68 valence electrons. The van der Waals surface area contributed by atoms with E-state index in [-0.39, 0.29) is 0 Å². The molecule has 1 N–H and O–H groups in total. The molecule has 13 heavy (non-hydrogen) atoms. The summed E-state index contributed by atoms with van der Waals surface area (Å²) in [6.45, 7) is 0. The van der Waals surface area contributed by atoms with Crippen LogP contribution in [0.1, 0.15) is 11.6 Å². The minimum atomic E-state index is -0.628. The Morgan fingerprint density at radius 2 is 2.31 bits per heavy atom. The fourth-order valence-corrected chi connectivity index (χ4v) is 1.18. The van der Waals surface area contributed by atoms with Gasteiger partial charge in [-0.3, -0.25) is 0 Å². The van der Waals surface area contributed by atoms with Gasteiger partial charge in [0.05, 0.1) is 6.07 Å². The van der Waals surface area contributed by atoms with Crippen molar-refractivity contribution in [3.8, 4) is 6.07 Å². The first kappa shape index (κ1) is 9.97. The Morgan fingerprint density at radius 1 is 1.62 bits per heavy atom. The first-order chi connectivity index (χ1) is 6.19. The third kappa shape index (κ3) is 2.18. The Labute approximate surface area is 80.9 Å². The lowest BCUT2D eigenvalue weighted by Crippen LogP contribution is -2.15. The predicted molar refractivity (Wildman–Crippen MR) is 48.8 cm³/mol. The SMILES string of the molecule is CNC(C#N)c1ccc(Cl)cc1F. The van der Waals surface area contributed by atoms with Gasteiger partial charge in [-0.1, -0.05) is 17.7 Å². The van der Waals surface area contributed by atoms with Gasteiger partial charge in [-0.05, 0) is 19.2 Å². The molecule has 0 aromatic heterocycles. The minimum Gasteiger partial charge on any atom is -0.301 e. The van der Waals surface area contributed by atoms with Gasteiger partial charge in [-0.15, -0.1) is 0 Å². The highest BCUT2D eigenvalue weighted by molar-refractivity contribution is 6.30. The highest BCUT2D eigenvalue weighted by atomic mass is 35.5. The van der Waals surface area contributed by atoms with Gasteiger partial charge in [0.2, 0.25) is 0 Å². The van der Waals surface area contributed by atoms with Crippen LogP contribution >= 0.6 is 11.6 Å². The third-order valence-electron chi connectivity index (χ3n) is 1.69. The molecule has 0 aliphatic carbocycles. The van der Waals surface area contributed by atoms with Gasteiger partial charge in [0, 0.05) is 10.6 Å². The number of nitriles is 1. The van der Waals surface area contributed by atoms with Crippen molar-refractivity contribution >= 4 is 11.6 Å². The van der Waals surface area contributed by atoms with Gasteiger partial charge < -0.3 is 5.32 Å². The highest BCUT2D eigenvalue weighted by Gasteiger charge is 2.12. The molecule has 2 nitrogen and oxygen atoms in total. The molecule has 4 heteroatoms. The zero-order valence-corrected chi connectivity index (χ0v) is 7.77. The fraction of sp³-hybridized carbons (Fsp3) is 0.222. The zero-order chi connectivity index (χ0) is 9.84. The van der Waals surface area contributed by atoms with E-state index in [1.165, 1.54) is 12.1 Å². The summed E-state index contributed by atoms with van der Waals surface area (Å²) in [5.41, 5.74) is 0.314. The summed E-state index contributed by atoms with van der Waals surface area (Å²) in [6, 6.07) is 5.56. The molecule has 0 fully saturated rings. The van der Waals surface area contributed by atoms with Crippen molar-refractivity contribution in [2.75, 3.05) is 7.05 Å². The Morgan fingerprint density at radius 3 is 2.77 bits per heavy atom. The number of rotatable bonds is 2. The van der Waals surface area contributed by atoms with E-state index in [1.54, 1.807) is 13.1 Å². The lowest BCUT2D eigenvalue weighted by molar-refractivity contribution is 0.585. The van der Waals surface area contributed by atoms with Crippen molar-refractivity contribution in [1.29, 1.82) is 5.26 Å². The maximum absolute atomic E-state index is 13.2. The summed E-state index contributed by atoms with van der Waals surface area (Å²) >= 11 is 5.56. The first-order valence-electron chi connectivity index (χ1n) is 3.71. The van der Waals surface area contributed by atoms with Crippen molar-refractivity contribution in [2.45, 2.75) is 6.04 Å². The maximum Gasteiger partial charge on any atom is 0.130 e. The second kappa shape index (κ2) is 4.22. The Bertz CT molecular complexity index is 346. The lowest BCUT2D eigenvalue weighted by Gasteiger charge is -2.08. The van der Waals surface area contributed by atoms with E-state index in [0.29, 0.717) is 10.6 Å². The molecule has 1 rings (SSSR count). The standard InChI is InChI=1S/C9H8ClFN2/c1-13-9(5-12)7-3-2-6(10)4-8(7)11/h2-4,9,13H,1H3. The van der Waals surface area contributed by atoms with Crippen molar-refractivity contribution < 1.29 is 4.39 Å². The lowest BCUT2D eigenvalue weighted by atomic mass is 10.1. The molecule has 0 radical (unpaired) electrons. The fourth-order valence-electron chi connectivity index (χ4n) is 1.03. The molecule has 0 bridgehead atoms. The average molecular weight is 199 g/mol. The van der Waals surface area contributed by atoms with E-state index < -0.39 is 11.9 Å². The number of hydrogen-bond donors (Lipinski definition) is 1. The summed E-state index contributed by atoms with van der Waals surface area (Å²) in [4.78, 5) is 0. The number of nitrogens with zero attached hydrogens (tertiary/aromatic N) is 1. The molecular weight excluding hydrogens is 191 g/mol. The molecule has 1 aromatic carbocycles. The second-order valence-corrected chi connectivity index (χ2v) is 2.95. The third-order valence-corrected chi connectivity index (χ3v) is 1.93. The van der Waals surface area contributed by atoms with Gasteiger partial charge in [0.1, 0.15) is 11.9 Å². The number of benzene rings is 1. The van der Waals surface area contributed by atoms with E-state index in [1.807, 2.05) is 6.07 Å². The summed E-state index contributed by atoms with van der Waals surface area (Å²) in [5, 5.41) is 11.7. The molecule has 0 spiro atoms. The monoisotopic (exact) mass is 198 g/mol. The zero-order valence-electron chi connectivity index (χ0n) is 7.01. The van der Waals surface area contributed by atoms with Gasteiger partial charge in [-0.25, -0.2) is 4.39 Å². The van der Waals surface area contributed by atoms with E-state index in [2.05, 4.69) is 5.32 Å². The van der Waals surface area contributed by atoms with Crippen LogP contribution in [-0.2, 0) is 0 Å². The Balaban J connectivity index is 3.09. The summed E-state index contributed by atoms with van der Waals surface area (Å²) in [7, 11) is 1.60. The van der Waals surface area contributed by atoms with Crippen LogP contribution in [0.4, 0.5) is 4.39 Å². The number of halogens is 2. The highest BCUT2D eigenvalue weighted by Crippen LogP contribution is 2.19. The predicted octanol–water partition coefficient (Wildman–Crippen LogP) is 2.26. The summed E-state index contributed by atoms with van der Waals surface area (Å²) in [5.74, 6) is -0.464. The van der Waals surface area contributed by atoms with Crippen molar-refractivity contribution in [3.63, 3.8) is 0 Å². The first-order valence-corrected chi connectivity index (χ1v) is 4.08. The van der Waals surface area contributed by atoms with Crippen LogP contribution in [-0.4, -0.2) is 7.05 Å². The molecule has 1 unspecified atom stereocenters. The number of nitrogens with one attached hydrogen (secondary N) is 1. The Hall–Kier alpha value is -1.11. The van der Waals surface area contributed by atoms with E-state index in [0.717, 1.165) is 0 Å². The van der Waals surface area contributed by atoms with Crippen molar-refractivity contribution in [1.82, 2.24) is 5.32 Å². The van der Waals surface area contributed by atoms with Crippen LogP contribution < -0.4 is 5.32 Å². The van der Waals surface area contributed by atoms with Crippen LogP contribution in [0.5, 0.6) is 0 Å². The summed E-state index contributed by atoms with van der Waals surface area (Å²) < 4.78 is 13.2. The molecule has 0 heterocycles. The van der Waals surface area contributed by atoms with E-state index in [4.69, 9.17) is 16.9 Å². The molecule has 0 amide bonds. The quantitative estimate of drug-likeness (QED) is 0.792. The number of hydrogen-bond acceptors (Lipinski definition) is 2. The normalized spacial score (nSPS) is 12.2. The smallest absolute Gasteiger partial charge is 0.130 e. The summed E-state index contributed by atoms with van der Waals surface area (Å²) in [6.07, 6.45) is 0. The van der Waals surface area contributed by atoms with Crippen LogP contribution in [0.2, 0.25) is 5.02 Å². The molecule has 0 aliphatic heterocycles. The van der Waals surface area contributed by atoms with Crippen LogP contribution in [0.3, 0.4) is 0 Å². The van der Waals surface area contributed by atoms with E-state index >= 15 is 0 Å². The second-order valence-electron chi connectivity index (χ2n) is 2.52. The van der Waals surface area contributed by atoms with Gasteiger partial charge in [0.15, 0.2) is 0 Å². The van der Waals surface area contributed by atoms with E-state index in [9.17, 15) is 4.39 Å². The van der Waals surface area contributed by atoms with Crippen LogP contribution in [0.25, 0.3) is 0 Å². The molecular formula is C9H8ClFN2. The molecule has 1 atom stereocenters. The van der Waals surface area contributed by atoms with Crippen LogP contribution in [0, 0.1) is 17.1 Å². The maximum atomic E-state index is 13.2. The average Bonchev–Trinajstić information content (AvgIpc) is 2.10. The molecule has 0 aliphatic rings. The van der Waals surface area contributed by atoms with Crippen molar-refractivity contribution in [3.05, 3.63) is 34.6 Å². The van der Waals surface area contributed by atoms with Gasteiger partial charge in [-0.2, -0.15) is 5.26 Å². The molecule has 0 saturated carbocycles. The molecule has 1 aromatic rings. The topological polar surface area (TPSA) is 35.8 Å². The Kier molecular flexibility index (Phi) is 3.24. The minimum absolute atomic E-state index is 0.314. The largest absolute Gasteiger partial charge is 0.301 e. The van der Waals surface area contributed by atoms with Gasteiger partial charge in [0.25, 0.3) is 0 Å². The molecule has 0 saturated heterocycles. The van der Waals surface area contributed by atoms with Crippen molar-refractivity contribution in [2.24, 2.45) is 0 Å². The van der Waals surface area contributed by atoms with Crippen LogP contribution in [0.15, 0.2) is 18.2 Å². The van der Waals surface area contributed by atoms with Gasteiger partial charge >= 0.3 is 0 Å².